The van der Waals surface area contributed by atoms with Gasteiger partial charge in [-0.05, 0) is 42.5 Å². The number of nitriles is 3. The SMILES string of the molecule is COc1ccc(-c2nn(-c3ccccc3)cc2/C=C(\C#N)C(N)=C(C#N)C#N)cc1. The van der Waals surface area contributed by atoms with Gasteiger partial charge in [0.25, 0.3) is 0 Å². The number of nitrogens with zero attached hydrogens (tertiary/aromatic N) is 5. The summed E-state index contributed by atoms with van der Waals surface area (Å²) in [6.45, 7) is 0. The van der Waals surface area contributed by atoms with E-state index in [1.807, 2.05) is 60.7 Å². The van der Waals surface area contributed by atoms with Crippen molar-refractivity contribution < 1.29 is 4.74 Å². The Morgan fingerprint density at radius 3 is 2.23 bits per heavy atom. The second-order valence-corrected chi connectivity index (χ2v) is 6.12. The summed E-state index contributed by atoms with van der Waals surface area (Å²) in [5, 5.41) is 32.4. The lowest BCUT2D eigenvalue weighted by atomic mass is 10.0. The van der Waals surface area contributed by atoms with E-state index in [9.17, 15) is 5.26 Å². The molecule has 0 aliphatic carbocycles. The van der Waals surface area contributed by atoms with Crippen LogP contribution in [0.2, 0.25) is 0 Å². The molecule has 0 spiro atoms. The lowest BCUT2D eigenvalue weighted by Gasteiger charge is -2.03. The highest BCUT2D eigenvalue weighted by Crippen LogP contribution is 2.28. The fourth-order valence-electron chi connectivity index (χ4n) is 2.79. The van der Waals surface area contributed by atoms with Crippen LogP contribution in [-0.2, 0) is 0 Å². The average Bonchev–Trinajstić information content (AvgIpc) is 3.22. The molecule has 0 aliphatic heterocycles. The highest BCUT2D eigenvalue weighted by Gasteiger charge is 2.14. The molecule has 0 amide bonds. The van der Waals surface area contributed by atoms with Gasteiger partial charge in [-0.15, -0.1) is 0 Å². The van der Waals surface area contributed by atoms with Crippen LogP contribution in [-0.4, -0.2) is 16.9 Å². The minimum atomic E-state index is -0.316. The lowest BCUT2D eigenvalue weighted by molar-refractivity contribution is 0.415. The molecule has 0 fully saturated rings. The van der Waals surface area contributed by atoms with E-state index in [1.54, 1.807) is 30.1 Å². The van der Waals surface area contributed by atoms with E-state index >= 15 is 0 Å². The van der Waals surface area contributed by atoms with Gasteiger partial charge in [-0.3, -0.25) is 0 Å². The molecule has 0 saturated heterocycles. The third kappa shape index (κ3) is 4.04. The van der Waals surface area contributed by atoms with Crippen LogP contribution in [0.15, 0.2) is 77.6 Å². The van der Waals surface area contributed by atoms with Crippen molar-refractivity contribution in [1.29, 1.82) is 15.8 Å². The Bertz CT molecular complexity index is 1230. The van der Waals surface area contributed by atoms with Gasteiger partial charge in [0.2, 0.25) is 0 Å². The third-order valence-corrected chi connectivity index (χ3v) is 4.33. The minimum absolute atomic E-state index is 0.00970. The summed E-state index contributed by atoms with van der Waals surface area (Å²) in [6.07, 6.45) is 3.29. The van der Waals surface area contributed by atoms with Gasteiger partial charge in [-0.25, -0.2) is 4.68 Å². The van der Waals surface area contributed by atoms with Crippen LogP contribution in [0.5, 0.6) is 5.75 Å². The van der Waals surface area contributed by atoms with Crippen molar-refractivity contribution in [3.8, 4) is 40.9 Å². The Morgan fingerprint density at radius 2 is 1.67 bits per heavy atom. The van der Waals surface area contributed by atoms with Gasteiger partial charge in [0, 0.05) is 17.3 Å². The zero-order valence-electron chi connectivity index (χ0n) is 16.1. The van der Waals surface area contributed by atoms with Crippen LogP contribution in [0, 0.1) is 34.0 Å². The molecule has 2 aromatic carbocycles. The first-order valence-electron chi connectivity index (χ1n) is 8.83. The van der Waals surface area contributed by atoms with Crippen molar-refractivity contribution in [3.05, 3.63) is 83.2 Å². The Hall–Kier alpha value is -4.80. The predicted octanol–water partition coefficient (Wildman–Crippen LogP) is 3.71. The zero-order chi connectivity index (χ0) is 21.5. The molecule has 1 heterocycles. The number of aromatic nitrogens is 2. The quantitative estimate of drug-likeness (QED) is 0.521. The Morgan fingerprint density at radius 1 is 1.00 bits per heavy atom. The van der Waals surface area contributed by atoms with E-state index < -0.39 is 0 Å². The monoisotopic (exact) mass is 392 g/mol. The number of methoxy groups -OCH3 is 1. The van der Waals surface area contributed by atoms with Crippen molar-refractivity contribution in [1.82, 2.24) is 9.78 Å². The molecule has 3 rings (SSSR count). The molecule has 0 saturated carbocycles. The number of para-hydroxylation sites is 1. The van der Waals surface area contributed by atoms with Crippen molar-refractivity contribution in [2.45, 2.75) is 0 Å². The van der Waals surface area contributed by atoms with Crippen molar-refractivity contribution >= 4 is 6.08 Å². The number of benzene rings is 2. The molecule has 7 nitrogen and oxygen atoms in total. The normalized spacial score (nSPS) is 10.4. The van der Waals surface area contributed by atoms with E-state index in [0.717, 1.165) is 11.3 Å². The maximum absolute atomic E-state index is 9.56. The molecule has 0 radical (unpaired) electrons. The number of ether oxygens (including phenoxy) is 1. The first-order chi connectivity index (χ1) is 14.6. The molecule has 0 bridgehead atoms. The second-order valence-electron chi connectivity index (χ2n) is 6.12. The number of allylic oxidation sites excluding steroid dienone is 2. The van der Waals surface area contributed by atoms with Crippen molar-refractivity contribution in [2.24, 2.45) is 5.73 Å². The Labute approximate surface area is 173 Å². The first kappa shape index (κ1) is 19.9. The predicted molar refractivity (Wildman–Crippen MR) is 112 cm³/mol. The molecule has 30 heavy (non-hydrogen) atoms. The van der Waals surface area contributed by atoms with E-state index in [0.29, 0.717) is 17.0 Å². The highest BCUT2D eigenvalue weighted by atomic mass is 16.5. The van der Waals surface area contributed by atoms with Crippen molar-refractivity contribution in [3.63, 3.8) is 0 Å². The van der Waals surface area contributed by atoms with Crippen LogP contribution in [0.3, 0.4) is 0 Å². The Balaban J connectivity index is 2.20. The highest BCUT2D eigenvalue weighted by molar-refractivity contribution is 5.76. The average molecular weight is 392 g/mol. The summed E-state index contributed by atoms with van der Waals surface area (Å²) in [4.78, 5) is 0. The van der Waals surface area contributed by atoms with Gasteiger partial charge < -0.3 is 10.5 Å². The summed E-state index contributed by atoms with van der Waals surface area (Å²) in [6, 6.07) is 22.2. The topological polar surface area (TPSA) is 124 Å². The van der Waals surface area contributed by atoms with Gasteiger partial charge in [0.1, 0.15) is 24.0 Å². The van der Waals surface area contributed by atoms with Gasteiger partial charge in [0.15, 0.2) is 5.57 Å². The molecule has 7 heteroatoms. The zero-order valence-corrected chi connectivity index (χ0v) is 16.1. The molecule has 0 unspecified atom stereocenters. The fourth-order valence-corrected chi connectivity index (χ4v) is 2.79. The van der Waals surface area contributed by atoms with E-state index in [4.69, 9.17) is 21.0 Å². The minimum Gasteiger partial charge on any atom is -0.497 e. The maximum atomic E-state index is 9.56. The largest absolute Gasteiger partial charge is 0.497 e. The smallest absolute Gasteiger partial charge is 0.153 e. The van der Waals surface area contributed by atoms with Crippen LogP contribution >= 0.6 is 0 Å². The molecule has 1 aromatic heterocycles. The number of hydrogen-bond donors (Lipinski definition) is 1. The molecular formula is C23H16N6O. The molecule has 2 N–H and O–H groups in total. The van der Waals surface area contributed by atoms with E-state index in [1.165, 1.54) is 6.08 Å². The van der Waals surface area contributed by atoms with Crippen LogP contribution in [0.1, 0.15) is 5.56 Å². The summed E-state index contributed by atoms with van der Waals surface area (Å²) in [7, 11) is 1.59. The van der Waals surface area contributed by atoms with Gasteiger partial charge in [-0.1, -0.05) is 18.2 Å². The molecule has 0 atom stereocenters. The Kier molecular flexibility index (Phi) is 5.94. The molecular weight excluding hydrogens is 376 g/mol. The maximum Gasteiger partial charge on any atom is 0.153 e. The fraction of sp³-hybridized carbons (Fsp3) is 0.0435. The van der Waals surface area contributed by atoms with Crippen LogP contribution in [0.4, 0.5) is 0 Å². The van der Waals surface area contributed by atoms with E-state index in [-0.39, 0.29) is 16.8 Å². The standard InChI is InChI=1S/C23H16N6O/c1-30-21-9-7-16(8-10-21)23-18(11-17(12-24)22(27)19(13-25)14-26)15-29(28-23)20-5-3-2-4-6-20/h2-11,15H,27H2,1H3/b17-11+. The van der Waals surface area contributed by atoms with Gasteiger partial charge in [0.05, 0.1) is 29.8 Å². The lowest BCUT2D eigenvalue weighted by Crippen LogP contribution is -2.03. The summed E-state index contributed by atoms with van der Waals surface area (Å²) in [5.41, 5.74) is 8.27. The van der Waals surface area contributed by atoms with E-state index in [2.05, 4.69) is 5.10 Å². The molecule has 0 aliphatic rings. The number of nitrogens with two attached hydrogens (primary N) is 1. The van der Waals surface area contributed by atoms with Crippen LogP contribution in [0.25, 0.3) is 23.0 Å². The van der Waals surface area contributed by atoms with Crippen molar-refractivity contribution in [2.75, 3.05) is 7.11 Å². The molecule has 3 aromatic rings. The third-order valence-electron chi connectivity index (χ3n) is 4.33. The summed E-state index contributed by atoms with van der Waals surface area (Å²) in [5.74, 6) is 0.705. The van der Waals surface area contributed by atoms with Gasteiger partial charge >= 0.3 is 0 Å². The number of rotatable bonds is 5. The van der Waals surface area contributed by atoms with Gasteiger partial charge in [-0.2, -0.15) is 20.9 Å². The molecule has 144 valence electrons. The second kappa shape index (κ2) is 8.93. The summed E-state index contributed by atoms with van der Waals surface area (Å²) < 4.78 is 6.90. The summed E-state index contributed by atoms with van der Waals surface area (Å²) >= 11 is 0. The van der Waals surface area contributed by atoms with Crippen LogP contribution < -0.4 is 10.5 Å². The first-order valence-corrected chi connectivity index (χ1v) is 8.83. The number of hydrogen-bond acceptors (Lipinski definition) is 6.